The minimum absolute atomic E-state index is 0.802. The lowest BCUT2D eigenvalue weighted by molar-refractivity contribution is 0.599. The molecule has 0 heterocycles. The zero-order chi connectivity index (χ0) is 12.5. The lowest BCUT2D eigenvalue weighted by atomic mass is 10.1. The first-order valence-electron chi connectivity index (χ1n) is 6.56. The Morgan fingerprint density at radius 2 is 1.59 bits per heavy atom. The number of nitrogens with one attached hydrogen (secondary N) is 1. The van der Waals surface area contributed by atoms with E-state index in [1.807, 2.05) is 0 Å². The van der Waals surface area contributed by atoms with E-state index in [4.69, 9.17) is 11.6 Å². The number of unbranched alkanes of at least 4 members (excludes halogenated alkanes) is 3. The van der Waals surface area contributed by atoms with Crippen molar-refractivity contribution < 1.29 is 0 Å². The van der Waals surface area contributed by atoms with Gasteiger partial charge in [-0.05, 0) is 38.8 Å². The highest BCUT2D eigenvalue weighted by atomic mass is 35.5. The monoisotopic (exact) mass is 253 g/mol. The molecule has 1 nitrogen and oxygen atoms in total. The lowest BCUT2D eigenvalue weighted by Crippen LogP contribution is -2.14. The molecule has 1 N–H and O–H groups in total. The molecule has 0 spiro atoms. The molecule has 0 aliphatic heterocycles. The third-order valence-corrected chi connectivity index (χ3v) is 3.12. The standard InChI is InChI=1S/C15H24ClN/c1-13-9-14(2)11-15(10-13)12-17-8-6-4-3-5-7-16/h9-11,17H,3-8,12H2,1-2H3. The zero-order valence-electron chi connectivity index (χ0n) is 11.1. The van der Waals surface area contributed by atoms with Gasteiger partial charge in [0.1, 0.15) is 0 Å². The number of hydrogen-bond acceptors (Lipinski definition) is 1. The Balaban J connectivity index is 2.13. The molecule has 0 aliphatic rings. The fourth-order valence-electron chi connectivity index (χ4n) is 2.10. The molecule has 0 radical (unpaired) electrons. The summed E-state index contributed by atoms with van der Waals surface area (Å²) < 4.78 is 0. The predicted octanol–water partition coefficient (Wildman–Crippen LogP) is 4.19. The van der Waals surface area contributed by atoms with Crippen LogP contribution in [0, 0.1) is 13.8 Å². The summed E-state index contributed by atoms with van der Waals surface area (Å²) in [6.45, 7) is 6.40. The molecule has 0 saturated carbocycles. The number of aryl methyl sites for hydroxylation is 2. The number of hydrogen-bond donors (Lipinski definition) is 1. The van der Waals surface area contributed by atoms with Crippen molar-refractivity contribution in [2.24, 2.45) is 0 Å². The number of rotatable bonds is 8. The first kappa shape index (κ1) is 14.5. The molecular weight excluding hydrogens is 230 g/mol. The molecule has 1 rings (SSSR count). The fraction of sp³-hybridized carbons (Fsp3) is 0.600. The van der Waals surface area contributed by atoms with Crippen molar-refractivity contribution in [3.63, 3.8) is 0 Å². The molecule has 1 aromatic rings. The van der Waals surface area contributed by atoms with Crippen molar-refractivity contribution in [3.8, 4) is 0 Å². The smallest absolute Gasteiger partial charge is 0.0223 e. The van der Waals surface area contributed by atoms with Gasteiger partial charge in [-0.3, -0.25) is 0 Å². The van der Waals surface area contributed by atoms with Crippen LogP contribution in [-0.4, -0.2) is 12.4 Å². The summed E-state index contributed by atoms with van der Waals surface area (Å²) in [5.41, 5.74) is 4.09. The highest BCUT2D eigenvalue weighted by molar-refractivity contribution is 6.17. The van der Waals surface area contributed by atoms with E-state index in [1.54, 1.807) is 0 Å². The molecule has 0 unspecified atom stereocenters. The molecule has 96 valence electrons. The van der Waals surface area contributed by atoms with Crippen LogP contribution in [0.25, 0.3) is 0 Å². The fourth-order valence-corrected chi connectivity index (χ4v) is 2.29. The molecule has 17 heavy (non-hydrogen) atoms. The summed E-state index contributed by atoms with van der Waals surface area (Å²) in [5.74, 6) is 0.802. The van der Waals surface area contributed by atoms with Gasteiger partial charge >= 0.3 is 0 Å². The highest BCUT2D eigenvalue weighted by Gasteiger charge is 1.96. The van der Waals surface area contributed by atoms with Gasteiger partial charge in [0.05, 0.1) is 0 Å². The molecule has 0 aliphatic carbocycles. The van der Waals surface area contributed by atoms with Crippen molar-refractivity contribution in [3.05, 3.63) is 34.9 Å². The van der Waals surface area contributed by atoms with Crippen LogP contribution in [0.2, 0.25) is 0 Å². The van der Waals surface area contributed by atoms with Gasteiger partial charge in [-0.2, -0.15) is 0 Å². The van der Waals surface area contributed by atoms with Gasteiger partial charge in [-0.25, -0.2) is 0 Å². The molecule has 0 amide bonds. The van der Waals surface area contributed by atoms with Crippen molar-refractivity contribution in [2.45, 2.75) is 46.1 Å². The zero-order valence-corrected chi connectivity index (χ0v) is 11.8. The molecule has 0 bridgehead atoms. The Hall–Kier alpha value is -0.530. The Labute approximate surface area is 111 Å². The summed E-state index contributed by atoms with van der Waals surface area (Å²) in [6, 6.07) is 6.73. The van der Waals surface area contributed by atoms with Gasteiger partial charge in [0, 0.05) is 12.4 Å². The Morgan fingerprint density at radius 3 is 2.24 bits per heavy atom. The van der Waals surface area contributed by atoms with E-state index in [1.165, 1.54) is 36.0 Å². The molecule has 0 fully saturated rings. The van der Waals surface area contributed by atoms with Crippen LogP contribution in [-0.2, 0) is 6.54 Å². The van der Waals surface area contributed by atoms with E-state index in [0.717, 1.165) is 25.4 Å². The highest BCUT2D eigenvalue weighted by Crippen LogP contribution is 2.08. The van der Waals surface area contributed by atoms with E-state index in [0.29, 0.717) is 0 Å². The van der Waals surface area contributed by atoms with Crippen LogP contribution in [0.1, 0.15) is 42.4 Å². The summed E-state index contributed by atoms with van der Waals surface area (Å²) in [6.07, 6.45) is 4.95. The van der Waals surface area contributed by atoms with Gasteiger partial charge in [0.25, 0.3) is 0 Å². The summed E-state index contributed by atoms with van der Waals surface area (Å²) in [7, 11) is 0. The van der Waals surface area contributed by atoms with Crippen LogP contribution in [0.15, 0.2) is 18.2 Å². The first-order chi connectivity index (χ1) is 8.22. The van der Waals surface area contributed by atoms with E-state index in [-0.39, 0.29) is 0 Å². The maximum Gasteiger partial charge on any atom is 0.0223 e. The van der Waals surface area contributed by atoms with E-state index in [2.05, 4.69) is 37.4 Å². The molecule has 2 heteroatoms. The van der Waals surface area contributed by atoms with Gasteiger partial charge < -0.3 is 5.32 Å². The minimum Gasteiger partial charge on any atom is -0.313 e. The van der Waals surface area contributed by atoms with Crippen LogP contribution in [0.3, 0.4) is 0 Å². The Kier molecular flexibility index (Phi) is 7.30. The maximum absolute atomic E-state index is 5.64. The summed E-state index contributed by atoms with van der Waals surface area (Å²) >= 11 is 5.64. The normalized spacial score (nSPS) is 10.8. The Bertz CT molecular complexity index is 302. The quantitative estimate of drug-likeness (QED) is 0.541. The van der Waals surface area contributed by atoms with Gasteiger partial charge in [-0.1, -0.05) is 42.2 Å². The molecule has 0 atom stereocenters. The van der Waals surface area contributed by atoms with Crippen LogP contribution >= 0.6 is 11.6 Å². The number of benzene rings is 1. The summed E-state index contributed by atoms with van der Waals surface area (Å²) in [4.78, 5) is 0. The van der Waals surface area contributed by atoms with E-state index in [9.17, 15) is 0 Å². The van der Waals surface area contributed by atoms with Crippen molar-refractivity contribution in [1.29, 1.82) is 0 Å². The van der Waals surface area contributed by atoms with Gasteiger partial charge in [0.2, 0.25) is 0 Å². The Morgan fingerprint density at radius 1 is 0.941 bits per heavy atom. The van der Waals surface area contributed by atoms with Crippen molar-refractivity contribution >= 4 is 11.6 Å². The average Bonchev–Trinajstić information content (AvgIpc) is 2.26. The second-order valence-electron chi connectivity index (χ2n) is 4.78. The van der Waals surface area contributed by atoms with Crippen LogP contribution < -0.4 is 5.32 Å². The van der Waals surface area contributed by atoms with Crippen LogP contribution in [0.4, 0.5) is 0 Å². The largest absolute Gasteiger partial charge is 0.313 e. The average molecular weight is 254 g/mol. The maximum atomic E-state index is 5.64. The molecule has 1 aromatic carbocycles. The summed E-state index contributed by atoms with van der Waals surface area (Å²) in [5, 5.41) is 3.50. The molecule has 0 saturated heterocycles. The van der Waals surface area contributed by atoms with Crippen LogP contribution in [0.5, 0.6) is 0 Å². The second kappa shape index (κ2) is 8.54. The SMILES string of the molecule is Cc1cc(C)cc(CNCCCCCCCl)c1. The number of alkyl halides is 1. The third-order valence-electron chi connectivity index (χ3n) is 2.85. The minimum atomic E-state index is 0.802. The van der Waals surface area contributed by atoms with E-state index < -0.39 is 0 Å². The third kappa shape index (κ3) is 6.70. The topological polar surface area (TPSA) is 12.0 Å². The van der Waals surface area contributed by atoms with Crippen molar-refractivity contribution in [1.82, 2.24) is 5.32 Å². The van der Waals surface area contributed by atoms with Gasteiger partial charge in [0.15, 0.2) is 0 Å². The van der Waals surface area contributed by atoms with Gasteiger partial charge in [-0.15, -0.1) is 11.6 Å². The molecular formula is C15H24ClN. The number of halogens is 1. The van der Waals surface area contributed by atoms with Crippen molar-refractivity contribution in [2.75, 3.05) is 12.4 Å². The van der Waals surface area contributed by atoms with E-state index >= 15 is 0 Å². The lowest BCUT2D eigenvalue weighted by Gasteiger charge is -2.07. The first-order valence-corrected chi connectivity index (χ1v) is 7.09. The predicted molar refractivity (Wildman–Crippen MR) is 76.8 cm³/mol. The molecule has 0 aromatic heterocycles. The second-order valence-corrected chi connectivity index (χ2v) is 5.15.